The third-order valence-corrected chi connectivity index (χ3v) is 3.33. The molecule has 2 nitrogen and oxygen atoms in total. The Morgan fingerprint density at radius 1 is 0.789 bits per heavy atom. The molecule has 19 heavy (non-hydrogen) atoms. The Bertz CT molecular complexity index is 676. The van der Waals surface area contributed by atoms with Crippen molar-refractivity contribution >= 4 is 0 Å². The monoisotopic (exact) mass is 248 g/mol. The van der Waals surface area contributed by atoms with Crippen LogP contribution in [0.2, 0.25) is 0 Å². The Kier molecular flexibility index (Phi) is 2.92. The van der Waals surface area contributed by atoms with Gasteiger partial charge in [-0.25, -0.2) is 4.68 Å². The number of hydrogen-bond donors (Lipinski definition) is 0. The summed E-state index contributed by atoms with van der Waals surface area (Å²) in [5, 5.41) is 4.69. The molecule has 0 spiro atoms. The maximum Gasteiger partial charge on any atom is 0.0927 e. The lowest BCUT2D eigenvalue weighted by molar-refractivity contribution is 0.868. The van der Waals surface area contributed by atoms with Crippen LogP contribution in [0.1, 0.15) is 11.1 Å². The summed E-state index contributed by atoms with van der Waals surface area (Å²) in [5.74, 6) is 0. The van der Waals surface area contributed by atoms with Crippen LogP contribution in [0, 0.1) is 13.8 Å². The first-order valence-corrected chi connectivity index (χ1v) is 6.43. The standard InChI is InChI=1S/C17H16N2/c1-13-7-6-8-14(2)17(13)19-12-11-16(18-19)15-9-4-3-5-10-15/h3-12H,1-2H3. The molecule has 0 aliphatic rings. The third-order valence-electron chi connectivity index (χ3n) is 3.33. The summed E-state index contributed by atoms with van der Waals surface area (Å²) in [6.07, 6.45) is 2.03. The van der Waals surface area contributed by atoms with Gasteiger partial charge in [0.05, 0.1) is 11.4 Å². The topological polar surface area (TPSA) is 17.8 Å². The predicted octanol–water partition coefficient (Wildman–Crippen LogP) is 4.16. The Hall–Kier alpha value is -2.35. The minimum absolute atomic E-state index is 1.00. The molecule has 0 aliphatic heterocycles. The molecule has 0 atom stereocenters. The van der Waals surface area contributed by atoms with Gasteiger partial charge >= 0.3 is 0 Å². The number of benzene rings is 2. The first-order chi connectivity index (χ1) is 9.25. The van der Waals surface area contributed by atoms with E-state index in [0.29, 0.717) is 0 Å². The number of hydrogen-bond acceptors (Lipinski definition) is 1. The minimum Gasteiger partial charge on any atom is -0.240 e. The van der Waals surface area contributed by atoms with E-state index in [2.05, 4.69) is 55.3 Å². The second kappa shape index (κ2) is 4.73. The largest absolute Gasteiger partial charge is 0.240 e. The molecular formula is C17H16N2. The van der Waals surface area contributed by atoms with Crippen molar-refractivity contribution in [2.24, 2.45) is 0 Å². The van der Waals surface area contributed by atoms with Crippen LogP contribution >= 0.6 is 0 Å². The molecular weight excluding hydrogens is 232 g/mol. The summed E-state index contributed by atoms with van der Waals surface area (Å²) in [6.45, 7) is 4.23. The molecule has 0 saturated carbocycles. The SMILES string of the molecule is Cc1cccc(C)c1-n1ccc(-c2ccccc2)n1. The predicted molar refractivity (Wildman–Crippen MR) is 78.5 cm³/mol. The zero-order chi connectivity index (χ0) is 13.2. The molecule has 0 unspecified atom stereocenters. The van der Waals surface area contributed by atoms with Crippen LogP contribution in [-0.2, 0) is 0 Å². The lowest BCUT2D eigenvalue weighted by atomic mass is 10.1. The molecule has 0 aliphatic carbocycles. The van der Waals surface area contributed by atoms with Crippen LogP contribution in [0.3, 0.4) is 0 Å². The second-order valence-corrected chi connectivity index (χ2v) is 4.75. The van der Waals surface area contributed by atoms with E-state index in [1.807, 2.05) is 29.1 Å². The highest BCUT2D eigenvalue weighted by Gasteiger charge is 2.07. The van der Waals surface area contributed by atoms with Crippen molar-refractivity contribution in [3.8, 4) is 16.9 Å². The maximum absolute atomic E-state index is 4.69. The van der Waals surface area contributed by atoms with Crippen LogP contribution in [0.15, 0.2) is 60.8 Å². The normalized spacial score (nSPS) is 10.6. The van der Waals surface area contributed by atoms with Crippen LogP contribution in [-0.4, -0.2) is 9.78 Å². The number of rotatable bonds is 2. The van der Waals surface area contributed by atoms with E-state index < -0.39 is 0 Å². The van der Waals surface area contributed by atoms with Crippen molar-refractivity contribution in [1.82, 2.24) is 9.78 Å². The molecule has 0 bridgehead atoms. The third kappa shape index (κ3) is 2.17. The number of para-hydroxylation sites is 1. The summed E-state index contributed by atoms with van der Waals surface area (Å²) in [4.78, 5) is 0. The van der Waals surface area contributed by atoms with Gasteiger partial charge in [-0.15, -0.1) is 0 Å². The molecule has 0 saturated heterocycles. The van der Waals surface area contributed by atoms with Gasteiger partial charge in [-0.3, -0.25) is 0 Å². The van der Waals surface area contributed by atoms with Gasteiger partial charge in [-0.1, -0.05) is 48.5 Å². The molecule has 1 aromatic heterocycles. The van der Waals surface area contributed by atoms with Gasteiger partial charge in [0.25, 0.3) is 0 Å². The van der Waals surface area contributed by atoms with E-state index >= 15 is 0 Å². The fraction of sp³-hybridized carbons (Fsp3) is 0.118. The van der Waals surface area contributed by atoms with E-state index in [0.717, 1.165) is 11.3 Å². The number of aromatic nitrogens is 2. The van der Waals surface area contributed by atoms with E-state index in [1.165, 1.54) is 16.8 Å². The van der Waals surface area contributed by atoms with Crippen molar-refractivity contribution in [3.05, 3.63) is 71.9 Å². The van der Waals surface area contributed by atoms with Crippen molar-refractivity contribution in [2.75, 3.05) is 0 Å². The van der Waals surface area contributed by atoms with Gasteiger partial charge < -0.3 is 0 Å². The molecule has 0 radical (unpaired) electrons. The summed E-state index contributed by atoms with van der Waals surface area (Å²) < 4.78 is 1.97. The molecule has 0 N–H and O–H groups in total. The summed E-state index contributed by atoms with van der Waals surface area (Å²) in [6, 6.07) is 18.6. The van der Waals surface area contributed by atoms with Gasteiger partial charge in [0, 0.05) is 11.8 Å². The van der Waals surface area contributed by atoms with Gasteiger partial charge in [-0.05, 0) is 31.0 Å². The Balaban J connectivity index is 2.07. The Morgan fingerprint density at radius 3 is 2.16 bits per heavy atom. The van der Waals surface area contributed by atoms with E-state index in [1.54, 1.807) is 0 Å². The van der Waals surface area contributed by atoms with Gasteiger partial charge in [0.15, 0.2) is 0 Å². The molecule has 0 fully saturated rings. The average Bonchev–Trinajstić information content (AvgIpc) is 2.89. The maximum atomic E-state index is 4.69. The molecule has 3 rings (SSSR count). The zero-order valence-electron chi connectivity index (χ0n) is 11.2. The van der Waals surface area contributed by atoms with Crippen molar-refractivity contribution < 1.29 is 0 Å². The summed E-state index contributed by atoms with van der Waals surface area (Å²) in [5.41, 5.74) is 5.80. The fourth-order valence-corrected chi connectivity index (χ4v) is 2.38. The van der Waals surface area contributed by atoms with E-state index in [4.69, 9.17) is 0 Å². The van der Waals surface area contributed by atoms with Crippen LogP contribution < -0.4 is 0 Å². The molecule has 3 aromatic rings. The van der Waals surface area contributed by atoms with Crippen LogP contribution in [0.25, 0.3) is 16.9 Å². The quantitative estimate of drug-likeness (QED) is 0.666. The minimum atomic E-state index is 1.00. The second-order valence-electron chi connectivity index (χ2n) is 4.75. The fourth-order valence-electron chi connectivity index (χ4n) is 2.38. The lowest BCUT2D eigenvalue weighted by Crippen LogP contribution is -2.00. The van der Waals surface area contributed by atoms with Crippen LogP contribution in [0.5, 0.6) is 0 Å². The van der Waals surface area contributed by atoms with Gasteiger partial charge in [-0.2, -0.15) is 5.10 Å². The smallest absolute Gasteiger partial charge is 0.0927 e. The summed E-state index contributed by atoms with van der Waals surface area (Å²) >= 11 is 0. The number of nitrogens with zero attached hydrogens (tertiary/aromatic N) is 2. The molecule has 2 aromatic carbocycles. The van der Waals surface area contributed by atoms with Crippen molar-refractivity contribution in [3.63, 3.8) is 0 Å². The van der Waals surface area contributed by atoms with E-state index in [-0.39, 0.29) is 0 Å². The first kappa shape index (κ1) is 11.7. The Morgan fingerprint density at radius 2 is 1.47 bits per heavy atom. The molecule has 1 heterocycles. The molecule has 0 amide bonds. The Labute approximate surface area is 113 Å². The van der Waals surface area contributed by atoms with E-state index in [9.17, 15) is 0 Å². The highest BCUT2D eigenvalue weighted by Crippen LogP contribution is 2.21. The highest BCUT2D eigenvalue weighted by molar-refractivity contribution is 5.59. The van der Waals surface area contributed by atoms with Gasteiger partial charge in [0.2, 0.25) is 0 Å². The van der Waals surface area contributed by atoms with Crippen LogP contribution in [0.4, 0.5) is 0 Å². The first-order valence-electron chi connectivity index (χ1n) is 6.43. The number of aryl methyl sites for hydroxylation is 2. The molecule has 2 heteroatoms. The lowest BCUT2D eigenvalue weighted by Gasteiger charge is -2.09. The summed E-state index contributed by atoms with van der Waals surface area (Å²) in [7, 11) is 0. The van der Waals surface area contributed by atoms with Gasteiger partial charge in [0.1, 0.15) is 0 Å². The molecule has 94 valence electrons. The highest BCUT2D eigenvalue weighted by atomic mass is 15.3. The zero-order valence-corrected chi connectivity index (χ0v) is 11.2. The van der Waals surface area contributed by atoms with Crippen molar-refractivity contribution in [2.45, 2.75) is 13.8 Å². The average molecular weight is 248 g/mol. The van der Waals surface area contributed by atoms with Crippen molar-refractivity contribution in [1.29, 1.82) is 0 Å².